The van der Waals surface area contributed by atoms with Crippen molar-refractivity contribution in [1.82, 2.24) is 9.55 Å². The minimum absolute atomic E-state index is 0.279. The van der Waals surface area contributed by atoms with Crippen LogP contribution in [-0.4, -0.2) is 19.3 Å². The van der Waals surface area contributed by atoms with Gasteiger partial charge in [0, 0.05) is 3.57 Å². The first-order valence-electron chi connectivity index (χ1n) is 5.21. The fourth-order valence-corrected chi connectivity index (χ4v) is 2.76. The number of halogens is 1. The van der Waals surface area contributed by atoms with E-state index in [0.717, 1.165) is 8.14 Å². The van der Waals surface area contributed by atoms with E-state index in [0.29, 0.717) is 5.52 Å². The van der Waals surface area contributed by atoms with Crippen molar-refractivity contribution in [3.05, 3.63) is 42.5 Å². The van der Waals surface area contributed by atoms with E-state index in [4.69, 9.17) is 0 Å². The van der Waals surface area contributed by atoms with Gasteiger partial charge in [-0.1, -0.05) is 0 Å². The second kappa shape index (κ2) is 4.86. The molecule has 0 saturated carbocycles. The largest absolute Gasteiger partial charge is 0.347 e. The Morgan fingerprint density at radius 2 is 2.00 bits per heavy atom. The van der Waals surface area contributed by atoms with Crippen LogP contribution in [0.1, 0.15) is 12.7 Å². The summed E-state index contributed by atoms with van der Waals surface area (Å²) < 4.78 is 13.0. The van der Waals surface area contributed by atoms with Crippen molar-refractivity contribution >= 4 is 41.2 Å². The summed E-state index contributed by atoms with van der Waals surface area (Å²) in [7, 11) is -4.53. The standard InChI is InChI=1S/C10H10IN2O5P/c1-5(19(16,17)18)13-8-3-2-6(11)4-7(8)12-9(14)10(13)15/h2-5H,1H3,(H,12,14)(H2,16,17,18). The minimum Gasteiger partial charge on any atom is -0.323 e. The average Bonchev–Trinajstić information content (AvgIpc) is 2.29. The van der Waals surface area contributed by atoms with Gasteiger partial charge in [-0.2, -0.15) is 0 Å². The molecule has 9 heteroatoms. The number of nitrogens with one attached hydrogen (secondary N) is 1. The van der Waals surface area contributed by atoms with Crippen LogP contribution in [-0.2, 0) is 4.57 Å². The number of benzene rings is 1. The zero-order valence-electron chi connectivity index (χ0n) is 9.70. The quantitative estimate of drug-likeness (QED) is 0.398. The molecule has 1 atom stereocenters. The van der Waals surface area contributed by atoms with E-state index in [1.807, 2.05) is 22.6 Å². The maximum Gasteiger partial charge on any atom is 0.347 e. The highest BCUT2D eigenvalue weighted by Crippen LogP contribution is 2.48. The Labute approximate surface area is 120 Å². The molecule has 2 aromatic rings. The van der Waals surface area contributed by atoms with Crippen molar-refractivity contribution in [3.8, 4) is 0 Å². The van der Waals surface area contributed by atoms with E-state index in [9.17, 15) is 23.9 Å². The van der Waals surface area contributed by atoms with Crippen LogP contribution >= 0.6 is 30.2 Å². The molecule has 0 aliphatic carbocycles. The maximum absolute atomic E-state index is 11.8. The third kappa shape index (κ3) is 2.66. The molecule has 0 amide bonds. The lowest BCUT2D eigenvalue weighted by atomic mass is 10.3. The van der Waals surface area contributed by atoms with E-state index in [2.05, 4.69) is 4.98 Å². The molecule has 0 saturated heterocycles. The van der Waals surface area contributed by atoms with Gasteiger partial charge in [0.1, 0.15) is 5.78 Å². The highest BCUT2D eigenvalue weighted by atomic mass is 127. The minimum atomic E-state index is -4.53. The smallest absolute Gasteiger partial charge is 0.323 e. The number of H-pyrrole nitrogens is 1. The first-order valence-corrected chi connectivity index (χ1v) is 7.97. The third-order valence-corrected chi connectivity index (χ3v) is 4.62. The van der Waals surface area contributed by atoms with Crippen molar-refractivity contribution in [2.24, 2.45) is 0 Å². The van der Waals surface area contributed by atoms with E-state index in [-0.39, 0.29) is 5.52 Å². The topological polar surface area (TPSA) is 112 Å². The van der Waals surface area contributed by atoms with Gasteiger partial charge in [0.05, 0.1) is 11.0 Å². The lowest BCUT2D eigenvalue weighted by Crippen LogP contribution is -2.37. The Morgan fingerprint density at radius 1 is 1.37 bits per heavy atom. The SMILES string of the molecule is CC(n1c(=O)c(=O)[nH]c2cc(I)ccc21)P(=O)(O)O. The molecule has 1 aromatic heterocycles. The monoisotopic (exact) mass is 396 g/mol. The lowest BCUT2D eigenvalue weighted by Gasteiger charge is -2.18. The summed E-state index contributed by atoms with van der Waals surface area (Å²) in [4.78, 5) is 44.2. The molecule has 19 heavy (non-hydrogen) atoms. The summed E-state index contributed by atoms with van der Waals surface area (Å²) in [6.45, 7) is 1.21. The van der Waals surface area contributed by atoms with Crippen molar-refractivity contribution in [2.75, 3.05) is 0 Å². The Balaban J connectivity index is 2.93. The second-order valence-electron chi connectivity index (χ2n) is 4.01. The van der Waals surface area contributed by atoms with Crippen LogP contribution in [0, 0.1) is 3.57 Å². The molecule has 7 nitrogen and oxygen atoms in total. The van der Waals surface area contributed by atoms with Gasteiger partial charge in [-0.05, 0) is 47.7 Å². The van der Waals surface area contributed by atoms with Crippen LogP contribution in [0.15, 0.2) is 27.8 Å². The van der Waals surface area contributed by atoms with Gasteiger partial charge >= 0.3 is 18.7 Å². The molecule has 1 unspecified atom stereocenters. The van der Waals surface area contributed by atoms with Gasteiger partial charge in [-0.15, -0.1) is 0 Å². The van der Waals surface area contributed by atoms with Crippen LogP contribution in [0.4, 0.5) is 0 Å². The van der Waals surface area contributed by atoms with Gasteiger partial charge in [0.15, 0.2) is 0 Å². The number of aromatic amines is 1. The van der Waals surface area contributed by atoms with Crippen molar-refractivity contribution in [3.63, 3.8) is 0 Å². The van der Waals surface area contributed by atoms with Gasteiger partial charge in [-0.3, -0.25) is 18.7 Å². The summed E-state index contributed by atoms with van der Waals surface area (Å²) in [6, 6.07) is 4.85. The molecule has 1 aromatic carbocycles. The first-order chi connectivity index (χ1) is 8.71. The van der Waals surface area contributed by atoms with E-state index < -0.39 is 24.5 Å². The lowest BCUT2D eigenvalue weighted by molar-refractivity contribution is 0.346. The second-order valence-corrected chi connectivity index (χ2v) is 7.18. The molecule has 0 spiro atoms. The van der Waals surface area contributed by atoms with Crippen LogP contribution in [0.25, 0.3) is 11.0 Å². The summed E-state index contributed by atoms with van der Waals surface area (Å²) in [5.74, 6) is -1.40. The fraction of sp³-hybridized carbons (Fsp3) is 0.200. The van der Waals surface area contributed by atoms with E-state index >= 15 is 0 Å². The van der Waals surface area contributed by atoms with Crippen molar-refractivity contribution in [1.29, 1.82) is 0 Å². The normalized spacial score (nSPS) is 13.7. The molecule has 0 fully saturated rings. The van der Waals surface area contributed by atoms with E-state index in [1.165, 1.54) is 6.92 Å². The summed E-state index contributed by atoms with van der Waals surface area (Å²) >= 11 is 2.03. The Morgan fingerprint density at radius 3 is 2.58 bits per heavy atom. The number of fused-ring (bicyclic) bond motifs is 1. The predicted molar refractivity (Wildman–Crippen MR) is 78.3 cm³/mol. The average molecular weight is 396 g/mol. The molecule has 102 valence electrons. The molecule has 0 bridgehead atoms. The zero-order valence-corrected chi connectivity index (χ0v) is 12.8. The zero-order chi connectivity index (χ0) is 14.4. The Bertz CT molecular complexity index is 806. The summed E-state index contributed by atoms with van der Waals surface area (Å²) in [6.07, 6.45) is 0. The third-order valence-electron chi connectivity index (χ3n) is 2.74. The molecule has 2 rings (SSSR count). The molecular formula is C10H10IN2O5P. The molecular weight excluding hydrogens is 386 g/mol. The first kappa shape index (κ1) is 14.4. The molecule has 3 N–H and O–H groups in total. The summed E-state index contributed by atoms with van der Waals surface area (Å²) in [5, 5.41) is 0. The molecule has 0 aliphatic rings. The Hall–Kier alpha value is -0.960. The van der Waals surface area contributed by atoms with E-state index in [1.54, 1.807) is 18.2 Å². The highest BCUT2D eigenvalue weighted by Gasteiger charge is 2.28. The number of rotatable bonds is 2. The van der Waals surface area contributed by atoms with Crippen LogP contribution in [0.3, 0.4) is 0 Å². The van der Waals surface area contributed by atoms with Crippen LogP contribution in [0.2, 0.25) is 0 Å². The van der Waals surface area contributed by atoms with Crippen molar-refractivity contribution in [2.45, 2.75) is 12.7 Å². The van der Waals surface area contributed by atoms with Gasteiger partial charge < -0.3 is 14.8 Å². The Kier molecular flexibility index (Phi) is 3.69. The van der Waals surface area contributed by atoms with Gasteiger partial charge in [-0.25, -0.2) is 0 Å². The van der Waals surface area contributed by atoms with Crippen molar-refractivity contribution < 1.29 is 14.4 Å². The predicted octanol–water partition coefficient (Wildman–Crippen LogP) is 0.991. The number of nitrogens with zero attached hydrogens (tertiary/aromatic N) is 1. The summed E-state index contributed by atoms with van der Waals surface area (Å²) in [5.41, 5.74) is -1.25. The number of hydrogen-bond donors (Lipinski definition) is 3. The highest BCUT2D eigenvalue weighted by molar-refractivity contribution is 14.1. The van der Waals surface area contributed by atoms with Gasteiger partial charge in [0.25, 0.3) is 0 Å². The number of aromatic nitrogens is 2. The molecule has 0 aliphatic heterocycles. The van der Waals surface area contributed by atoms with Crippen LogP contribution < -0.4 is 11.1 Å². The fourth-order valence-electron chi connectivity index (χ4n) is 1.73. The molecule has 0 radical (unpaired) electrons. The number of hydrogen-bond acceptors (Lipinski definition) is 3. The molecule has 1 heterocycles. The van der Waals surface area contributed by atoms with Gasteiger partial charge in [0.2, 0.25) is 0 Å². The van der Waals surface area contributed by atoms with Crippen LogP contribution in [0.5, 0.6) is 0 Å². The maximum atomic E-state index is 11.8.